The molecular formula is C13H21F3O. The Morgan fingerprint density at radius 1 is 1.35 bits per heavy atom. The van der Waals surface area contributed by atoms with Gasteiger partial charge in [0.05, 0.1) is 12.0 Å². The van der Waals surface area contributed by atoms with Gasteiger partial charge in [0.1, 0.15) is 0 Å². The number of alkyl halides is 3. The summed E-state index contributed by atoms with van der Waals surface area (Å²) >= 11 is 0. The number of aliphatic hydroxyl groups is 1. The van der Waals surface area contributed by atoms with Gasteiger partial charge in [0.25, 0.3) is 0 Å². The van der Waals surface area contributed by atoms with Crippen LogP contribution in [0.4, 0.5) is 13.2 Å². The van der Waals surface area contributed by atoms with Gasteiger partial charge >= 0.3 is 6.18 Å². The van der Waals surface area contributed by atoms with Crippen LogP contribution in [-0.4, -0.2) is 17.4 Å². The Hall–Kier alpha value is -0.510. The van der Waals surface area contributed by atoms with Gasteiger partial charge in [-0.3, -0.25) is 0 Å². The molecule has 0 spiro atoms. The van der Waals surface area contributed by atoms with Crippen molar-refractivity contribution in [1.29, 1.82) is 0 Å². The number of rotatable bonds is 5. The summed E-state index contributed by atoms with van der Waals surface area (Å²) in [6.07, 6.45) is 0.907. The number of halogens is 3. The predicted molar refractivity (Wildman–Crippen MR) is 61.6 cm³/mol. The van der Waals surface area contributed by atoms with Gasteiger partial charge in [-0.15, -0.1) is 6.58 Å². The Bertz CT molecular complexity index is 237. The number of allylic oxidation sites excluding steroid dienone is 1. The first-order valence-corrected chi connectivity index (χ1v) is 6.30. The zero-order valence-corrected chi connectivity index (χ0v) is 10.0. The SMILES string of the molecule is C=CCCCC(O)C1CCCC(C(F)(F)F)C1. The molecule has 1 aliphatic rings. The van der Waals surface area contributed by atoms with Crippen molar-refractivity contribution in [3.05, 3.63) is 12.7 Å². The highest BCUT2D eigenvalue weighted by Gasteiger charge is 2.43. The predicted octanol–water partition coefficient (Wildman–Crippen LogP) is 4.07. The van der Waals surface area contributed by atoms with Gasteiger partial charge in [-0.1, -0.05) is 12.5 Å². The van der Waals surface area contributed by atoms with Crippen molar-refractivity contribution in [2.45, 2.75) is 57.2 Å². The summed E-state index contributed by atoms with van der Waals surface area (Å²) in [5.74, 6) is -1.39. The Kier molecular flexibility index (Phi) is 5.50. The fraction of sp³-hybridized carbons (Fsp3) is 0.846. The second-order valence-corrected chi connectivity index (χ2v) is 4.95. The van der Waals surface area contributed by atoms with Crippen molar-refractivity contribution in [2.24, 2.45) is 11.8 Å². The molecule has 0 bridgehead atoms. The van der Waals surface area contributed by atoms with Crippen LogP contribution in [0.3, 0.4) is 0 Å². The van der Waals surface area contributed by atoms with Gasteiger partial charge in [-0.25, -0.2) is 0 Å². The quantitative estimate of drug-likeness (QED) is 0.576. The molecule has 1 fully saturated rings. The fourth-order valence-electron chi connectivity index (χ4n) is 2.58. The largest absolute Gasteiger partial charge is 0.393 e. The Morgan fingerprint density at radius 2 is 2.06 bits per heavy atom. The summed E-state index contributed by atoms with van der Waals surface area (Å²) in [6.45, 7) is 3.58. The van der Waals surface area contributed by atoms with E-state index >= 15 is 0 Å². The zero-order chi connectivity index (χ0) is 12.9. The lowest BCUT2D eigenvalue weighted by molar-refractivity contribution is -0.188. The summed E-state index contributed by atoms with van der Waals surface area (Å²) in [6, 6.07) is 0. The maximum atomic E-state index is 12.6. The molecule has 1 saturated carbocycles. The lowest BCUT2D eigenvalue weighted by atomic mass is 9.77. The standard InChI is InChI=1S/C13H21F3O/c1-2-3-4-8-12(17)10-6-5-7-11(9-10)13(14,15)16/h2,10-12,17H,1,3-9H2. The molecule has 3 atom stereocenters. The minimum Gasteiger partial charge on any atom is -0.393 e. The fourth-order valence-corrected chi connectivity index (χ4v) is 2.58. The summed E-state index contributed by atoms with van der Waals surface area (Å²) in [5.41, 5.74) is 0. The molecule has 0 aromatic heterocycles. The lowest BCUT2D eigenvalue weighted by Gasteiger charge is -2.33. The molecule has 1 aliphatic carbocycles. The van der Waals surface area contributed by atoms with Crippen LogP contribution in [0.1, 0.15) is 44.9 Å². The maximum Gasteiger partial charge on any atom is 0.391 e. The third kappa shape index (κ3) is 4.70. The molecule has 0 aromatic rings. The molecule has 1 rings (SSSR count). The van der Waals surface area contributed by atoms with Crippen LogP contribution >= 0.6 is 0 Å². The van der Waals surface area contributed by atoms with Gasteiger partial charge < -0.3 is 5.11 Å². The monoisotopic (exact) mass is 250 g/mol. The van der Waals surface area contributed by atoms with Crippen molar-refractivity contribution in [3.8, 4) is 0 Å². The zero-order valence-electron chi connectivity index (χ0n) is 10.0. The second kappa shape index (κ2) is 6.43. The molecule has 1 nitrogen and oxygen atoms in total. The van der Waals surface area contributed by atoms with Crippen LogP contribution in [0, 0.1) is 11.8 Å². The molecule has 0 aliphatic heterocycles. The van der Waals surface area contributed by atoms with Crippen molar-refractivity contribution in [3.63, 3.8) is 0 Å². The molecule has 0 saturated heterocycles. The van der Waals surface area contributed by atoms with E-state index in [9.17, 15) is 18.3 Å². The summed E-state index contributed by atoms with van der Waals surface area (Å²) in [4.78, 5) is 0. The number of hydrogen-bond donors (Lipinski definition) is 1. The third-order valence-electron chi connectivity index (χ3n) is 3.63. The smallest absolute Gasteiger partial charge is 0.391 e. The molecule has 0 amide bonds. The van der Waals surface area contributed by atoms with Gasteiger partial charge in [0.15, 0.2) is 0 Å². The molecular weight excluding hydrogens is 229 g/mol. The highest BCUT2D eigenvalue weighted by molar-refractivity contribution is 4.82. The molecule has 100 valence electrons. The molecule has 1 N–H and O–H groups in total. The van der Waals surface area contributed by atoms with Crippen molar-refractivity contribution < 1.29 is 18.3 Å². The van der Waals surface area contributed by atoms with Crippen LogP contribution in [0.15, 0.2) is 12.7 Å². The van der Waals surface area contributed by atoms with E-state index in [2.05, 4.69) is 6.58 Å². The topological polar surface area (TPSA) is 20.2 Å². The maximum absolute atomic E-state index is 12.6. The summed E-state index contributed by atoms with van der Waals surface area (Å²) in [5, 5.41) is 9.88. The molecule has 4 heteroatoms. The number of aliphatic hydroxyl groups excluding tert-OH is 1. The Labute approximate surface area is 101 Å². The Morgan fingerprint density at radius 3 is 2.65 bits per heavy atom. The van der Waals surface area contributed by atoms with E-state index in [0.29, 0.717) is 12.8 Å². The highest BCUT2D eigenvalue weighted by atomic mass is 19.4. The first kappa shape index (κ1) is 14.6. The van der Waals surface area contributed by atoms with Crippen LogP contribution in [0.2, 0.25) is 0 Å². The van der Waals surface area contributed by atoms with Gasteiger partial charge in [0.2, 0.25) is 0 Å². The van der Waals surface area contributed by atoms with Crippen LogP contribution in [-0.2, 0) is 0 Å². The minimum absolute atomic E-state index is 0.0960. The summed E-state index contributed by atoms with van der Waals surface area (Å²) < 4.78 is 37.8. The van der Waals surface area contributed by atoms with Gasteiger partial charge in [-0.05, 0) is 44.4 Å². The van der Waals surface area contributed by atoms with Crippen molar-refractivity contribution in [2.75, 3.05) is 0 Å². The van der Waals surface area contributed by atoms with E-state index in [1.54, 1.807) is 6.08 Å². The van der Waals surface area contributed by atoms with Crippen LogP contribution in [0.5, 0.6) is 0 Å². The third-order valence-corrected chi connectivity index (χ3v) is 3.63. The first-order chi connectivity index (χ1) is 7.95. The van der Waals surface area contributed by atoms with E-state index in [1.807, 2.05) is 0 Å². The molecule has 0 radical (unpaired) electrons. The number of unbranched alkanes of at least 4 members (excludes halogenated alkanes) is 1. The summed E-state index contributed by atoms with van der Waals surface area (Å²) in [7, 11) is 0. The second-order valence-electron chi connectivity index (χ2n) is 4.95. The lowest BCUT2D eigenvalue weighted by Crippen LogP contribution is -2.33. The van der Waals surface area contributed by atoms with Gasteiger partial charge in [-0.2, -0.15) is 13.2 Å². The van der Waals surface area contributed by atoms with E-state index in [0.717, 1.165) is 19.3 Å². The van der Waals surface area contributed by atoms with E-state index in [4.69, 9.17) is 0 Å². The molecule has 0 aromatic carbocycles. The minimum atomic E-state index is -4.10. The van der Waals surface area contributed by atoms with E-state index < -0.39 is 18.2 Å². The van der Waals surface area contributed by atoms with E-state index in [1.165, 1.54) is 0 Å². The normalized spacial score (nSPS) is 27.8. The van der Waals surface area contributed by atoms with Crippen LogP contribution in [0.25, 0.3) is 0 Å². The van der Waals surface area contributed by atoms with Gasteiger partial charge in [0, 0.05) is 0 Å². The number of hydrogen-bond acceptors (Lipinski definition) is 1. The van der Waals surface area contributed by atoms with E-state index in [-0.39, 0.29) is 18.8 Å². The average Bonchev–Trinajstić information content (AvgIpc) is 2.28. The van der Waals surface area contributed by atoms with Crippen LogP contribution < -0.4 is 0 Å². The first-order valence-electron chi connectivity index (χ1n) is 6.30. The molecule has 3 unspecified atom stereocenters. The average molecular weight is 250 g/mol. The molecule has 17 heavy (non-hydrogen) atoms. The molecule has 0 heterocycles. The highest BCUT2D eigenvalue weighted by Crippen LogP contribution is 2.41. The van der Waals surface area contributed by atoms with Crippen molar-refractivity contribution in [1.82, 2.24) is 0 Å². The Balaban J connectivity index is 2.40. The van der Waals surface area contributed by atoms with Crippen molar-refractivity contribution >= 4 is 0 Å².